The van der Waals surface area contributed by atoms with E-state index < -0.39 is 0 Å². The van der Waals surface area contributed by atoms with Crippen LogP contribution in [0.25, 0.3) is 10.9 Å². The molecule has 0 unspecified atom stereocenters. The van der Waals surface area contributed by atoms with E-state index in [1.54, 1.807) is 12.3 Å². The minimum Gasteiger partial charge on any atom is -0.375 e. The molecule has 1 aromatic heterocycles. The van der Waals surface area contributed by atoms with Gasteiger partial charge in [-0.15, -0.1) is 0 Å². The standard InChI is InChI=1S/C20H20ClN3O/c1-3-10-24(2)16-8-9-17(18(21)12-16)20(25)23-15-11-14-6-4-5-7-19(14)22-13-15/h4-9,11-13H,3,10H2,1-2H3,(H,23,25). The quantitative estimate of drug-likeness (QED) is 0.703. The molecular formula is C20H20ClN3O. The lowest BCUT2D eigenvalue weighted by Gasteiger charge is -2.19. The minimum atomic E-state index is -0.244. The molecule has 5 heteroatoms. The fourth-order valence-electron chi connectivity index (χ4n) is 2.73. The highest BCUT2D eigenvalue weighted by atomic mass is 35.5. The van der Waals surface area contributed by atoms with Crippen molar-refractivity contribution >= 4 is 39.8 Å². The van der Waals surface area contributed by atoms with Crippen LogP contribution >= 0.6 is 11.6 Å². The van der Waals surface area contributed by atoms with Gasteiger partial charge in [0.05, 0.1) is 28.0 Å². The summed E-state index contributed by atoms with van der Waals surface area (Å²) in [6, 6.07) is 15.2. The third-order valence-electron chi connectivity index (χ3n) is 4.05. The van der Waals surface area contributed by atoms with Crippen LogP contribution in [0.2, 0.25) is 5.02 Å². The molecule has 0 aliphatic heterocycles. The number of amides is 1. The van der Waals surface area contributed by atoms with E-state index in [1.165, 1.54) is 0 Å². The second kappa shape index (κ2) is 7.53. The summed E-state index contributed by atoms with van der Waals surface area (Å²) in [5, 5.41) is 4.28. The van der Waals surface area contributed by atoms with Gasteiger partial charge in [0.2, 0.25) is 0 Å². The summed E-state index contributed by atoms with van der Waals surface area (Å²) in [6.07, 6.45) is 2.70. The Morgan fingerprint density at radius 2 is 2.00 bits per heavy atom. The molecule has 0 saturated carbocycles. The fraction of sp³-hybridized carbons (Fsp3) is 0.200. The molecule has 0 saturated heterocycles. The number of nitrogens with one attached hydrogen (secondary N) is 1. The largest absolute Gasteiger partial charge is 0.375 e. The van der Waals surface area contributed by atoms with E-state index in [0.717, 1.165) is 29.6 Å². The van der Waals surface area contributed by atoms with Crippen molar-refractivity contribution in [3.8, 4) is 0 Å². The maximum atomic E-state index is 12.5. The molecule has 0 radical (unpaired) electrons. The van der Waals surface area contributed by atoms with E-state index >= 15 is 0 Å². The van der Waals surface area contributed by atoms with Crippen LogP contribution in [0.15, 0.2) is 54.7 Å². The van der Waals surface area contributed by atoms with Gasteiger partial charge in [-0.25, -0.2) is 0 Å². The van der Waals surface area contributed by atoms with Crippen molar-refractivity contribution in [1.82, 2.24) is 4.98 Å². The van der Waals surface area contributed by atoms with Crippen LogP contribution in [0.3, 0.4) is 0 Å². The van der Waals surface area contributed by atoms with Crippen molar-refractivity contribution in [2.24, 2.45) is 0 Å². The Balaban J connectivity index is 1.80. The molecule has 128 valence electrons. The van der Waals surface area contributed by atoms with E-state index in [9.17, 15) is 4.79 Å². The monoisotopic (exact) mass is 353 g/mol. The molecule has 0 spiro atoms. The molecule has 4 nitrogen and oxygen atoms in total. The molecule has 3 aromatic rings. The van der Waals surface area contributed by atoms with Gasteiger partial charge < -0.3 is 10.2 Å². The highest BCUT2D eigenvalue weighted by Gasteiger charge is 2.13. The predicted molar refractivity (Wildman–Crippen MR) is 105 cm³/mol. The van der Waals surface area contributed by atoms with Gasteiger partial charge in [-0.1, -0.05) is 36.7 Å². The Morgan fingerprint density at radius 3 is 2.76 bits per heavy atom. The second-order valence-corrected chi connectivity index (χ2v) is 6.36. The number of benzene rings is 2. The van der Waals surface area contributed by atoms with Gasteiger partial charge in [-0.3, -0.25) is 9.78 Å². The van der Waals surface area contributed by atoms with Crippen LogP contribution in [0, 0.1) is 0 Å². The highest BCUT2D eigenvalue weighted by molar-refractivity contribution is 6.34. The summed E-state index contributed by atoms with van der Waals surface area (Å²) < 4.78 is 0. The van der Waals surface area contributed by atoms with E-state index in [1.807, 2.05) is 49.5 Å². The van der Waals surface area contributed by atoms with Crippen molar-refractivity contribution in [2.75, 3.05) is 23.8 Å². The van der Waals surface area contributed by atoms with Gasteiger partial charge in [-0.05, 0) is 36.8 Å². The number of rotatable bonds is 5. The van der Waals surface area contributed by atoms with Gasteiger partial charge in [0.15, 0.2) is 0 Å². The fourth-order valence-corrected chi connectivity index (χ4v) is 2.99. The number of anilines is 2. The van der Waals surface area contributed by atoms with E-state index in [-0.39, 0.29) is 5.91 Å². The van der Waals surface area contributed by atoms with Crippen molar-refractivity contribution in [1.29, 1.82) is 0 Å². The van der Waals surface area contributed by atoms with Crippen LogP contribution in [0.4, 0.5) is 11.4 Å². The average molecular weight is 354 g/mol. The molecule has 0 atom stereocenters. The van der Waals surface area contributed by atoms with Crippen LogP contribution in [-0.4, -0.2) is 24.5 Å². The first kappa shape index (κ1) is 17.2. The van der Waals surface area contributed by atoms with Gasteiger partial charge in [-0.2, -0.15) is 0 Å². The number of hydrogen-bond donors (Lipinski definition) is 1. The number of halogens is 1. The van der Waals surface area contributed by atoms with Gasteiger partial charge in [0, 0.05) is 24.7 Å². The number of para-hydroxylation sites is 1. The summed E-state index contributed by atoms with van der Waals surface area (Å²) in [5.41, 5.74) is 2.98. The first-order valence-corrected chi connectivity index (χ1v) is 8.63. The smallest absolute Gasteiger partial charge is 0.257 e. The lowest BCUT2D eigenvalue weighted by Crippen LogP contribution is -2.18. The summed E-state index contributed by atoms with van der Waals surface area (Å²) in [5.74, 6) is -0.244. The van der Waals surface area contributed by atoms with Crippen molar-refractivity contribution in [2.45, 2.75) is 13.3 Å². The number of hydrogen-bond acceptors (Lipinski definition) is 3. The summed E-state index contributed by atoms with van der Waals surface area (Å²) in [7, 11) is 2.01. The predicted octanol–water partition coefficient (Wildman–Crippen LogP) is 4.99. The van der Waals surface area contributed by atoms with Crippen LogP contribution in [0.1, 0.15) is 23.7 Å². The number of nitrogens with zero attached hydrogens (tertiary/aromatic N) is 2. The number of pyridine rings is 1. The van der Waals surface area contributed by atoms with Crippen LogP contribution < -0.4 is 10.2 Å². The zero-order valence-electron chi connectivity index (χ0n) is 14.3. The van der Waals surface area contributed by atoms with Crippen LogP contribution in [0.5, 0.6) is 0 Å². The third kappa shape index (κ3) is 3.91. The molecule has 1 amide bonds. The van der Waals surface area contributed by atoms with E-state index in [0.29, 0.717) is 16.3 Å². The maximum Gasteiger partial charge on any atom is 0.257 e. The molecule has 1 heterocycles. The number of carbonyl (C=O) groups is 1. The molecule has 25 heavy (non-hydrogen) atoms. The lowest BCUT2D eigenvalue weighted by molar-refractivity contribution is 0.102. The molecule has 0 aliphatic carbocycles. The Hall–Kier alpha value is -2.59. The molecule has 0 bridgehead atoms. The van der Waals surface area contributed by atoms with Gasteiger partial charge >= 0.3 is 0 Å². The first-order valence-electron chi connectivity index (χ1n) is 8.25. The molecule has 1 N–H and O–H groups in total. The maximum absolute atomic E-state index is 12.5. The third-order valence-corrected chi connectivity index (χ3v) is 4.36. The Labute approximate surface area is 152 Å². The van der Waals surface area contributed by atoms with E-state index in [4.69, 9.17) is 11.6 Å². The molecule has 0 aliphatic rings. The van der Waals surface area contributed by atoms with Crippen molar-refractivity contribution < 1.29 is 4.79 Å². The van der Waals surface area contributed by atoms with Gasteiger partial charge in [0.1, 0.15) is 0 Å². The Kier molecular flexibility index (Phi) is 5.19. The summed E-state index contributed by atoms with van der Waals surface area (Å²) in [4.78, 5) is 19.0. The molecular weight excluding hydrogens is 334 g/mol. The van der Waals surface area contributed by atoms with Crippen LogP contribution in [-0.2, 0) is 0 Å². The number of fused-ring (bicyclic) bond motifs is 1. The average Bonchev–Trinajstić information content (AvgIpc) is 2.61. The molecule has 2 aromatic carbocycles. The zero-order chi connectivity index (χ0) is 17.8. The highest BCUT2D eigenvalue weighted by Crippen LogP contribution is 2.24. The van der Waals surface area contributed by atoms with Crippen molar-refractivity contribution in [3.05, 3.63) is 65.3 Å². The first-order chi connectivity index (χ1) is 12.1. The normalized spacial score (nSPS) is 10.7. The molecule has 0 fully saturated rings. The number of carbonyl (C=O) groups excluding carboxylic acids is 1. The Morgan fingerprint density at radius 1 is 1.20 bits per heavy atom. The second-order valence-electron chi connectivity index (χ2n) is 5.96. The minimum absolute atomic E-state index is 0.244. The number of aromatic nitrogens is 1. The topological polar surface area (TPSA) is 45.2 Å². The Bertz CT molecular complexity index is 910. The molecule has 3 rings (SSSR count). The lowest BCUT2D eigenvalue weighted by atomic mass is 10.1. The summed E-state index contributed by atoms with van der Waals surface area (Å²) >= 11 is 6.33. The van der Waals surface area contributed by atoms with E-state index in [2.05, 4.69) is 22.1 Å². The van der Waals surface area contributed by atoms with Gasteiger partial charge in [0.25, 0.3) is 5.91 Å². The zero-order valence-corrected chi connectivity index (χ0v) is 15.0. The summed E-state index contributed by atoms with van der Waals surface area (Å²) in [6.45, 7) is 3.06. The SMILES string of the molecule is CCCN(C)c1ccc(C(=O)Nc2cnc3ccccc3c2)c(Cl)c1. The van der Waals surface area contributed by atoms with Crippen molar-refractivity contribution in [3.63, 3.8) is 0 Å².